The monoisotopic (exact) mass is 301 g/mol. The number of aromatic nitrogens is 3. The van der Waals surface area contributed by atoms with E-state index in [4.69, 9.17) is 9.47 Å². The molecule has 9 heteroatoms. The van der Waals surface area contributed by atoms with Crippen LogP contribution in [0, 0.1) is 0 Å². The van der Waals surface area contributed by atoms with Crippen LogP contribution in [0.15, 0.2) is 24.5 Å². The number of fused-ring (bicyclic) bond motifs is 2. The number of amides is 2. The highest BCUT2D eigenvalue weighted by Crippen LogP contribution is 2.34. The molecule has 0 saturated carbocycles. The first-order chi connectivity index (χ1) is 10.7. The summed E-state index contributed by atoms with van der Waals surface area (Å²) in [7, 11) is 0. The van der Waals surface area contributed by atoms with E-state index in [1.54, 1.807) is 18.2 Å². The molecule has 2 amide bonds. The first-order valence-corrected chi connectivity index (χ1v) is 6.60. The predicted octanol–water partition coefficient (Wildman–Crippen LogP) is 0.529. The third kappa shape index (κ3) is 2.03. The van der Waals surface area contributed by atoms with Crippen molar-refractivity contribution in [3.8, 4) is 11.5 Å². The van der Waals surface area contributed by atoms with Crippen molar-refractivity contribution >= 4 is 23.5 Å². The molecule has 1 aromatic carbocycles. The van der Waals surface area contributed by atoms with Gasteiger partial charge in [0.05, 0.1) is 6.42 Å². The number of benzene rings is 1. The van der Waals surface area contributed by atoms with E-state index in [0.717, 1.165) is 0 Å². The first-order valence-electron chi connectivity index (χ1n) is 6.60. The van der Waals surface area contributed by atoms with Crippen molar-refractivity contribution in [3.63, 3.8) is 0 Å². The van der Waals surface area contributed by atoms with E-state index in [-0.39, 0.29) is 31.0 Å². The second-order valence-electron chi connectivity index (χ2n) is 4.85. The number of hydrogen-bond donors (Lipinski definition) is 2. The fourth-order valence-electron chi connectivity index (χ4n) is 2.41. The molecule has 0 fully saturated rings. The molecule has 0 bridgehead atoms. The standard InChI is InChI=1S/C13H11N5O4/c19-11-4-8(18-13(17-11)14-5-15-18)12(20)16-7-1-2-9-10(3-7)22-6-21-9/h1-3,5,8H,4,6H2,(H,16,20)(H,14,15,17,19). The molecule has 0 aliphatic carbocycles. The summed E-state index contributed by atoms with van der Waals surface area (Å²) in [6.07, 6.45) is 1.30. The van der Waals surface area contributed by atoms with Gasteiger partial charge in [0.15, 0.2) is 11.5 Å². The summed E-state index contributed by atoms with van der Waals surface area (Å²) >= 11 is 0. The van der Waals surface area contributed by atoms with Crippen molar-refractivity contribution in [1.29, 1.82) is 0 Å². The number of ether oxygens (including phenoxy) is 2. The minimum Gasteiger partial charge on any atom is -0.454 e. The summed E-state index contributed by atoms with van der Waals surface area (Å²) in [6.45, 7) is 0.165. The van der Waals surface area contributed by atoms with E-state index in [0.29, 0.717) is 17.2 Å². The van der Waals surface area contributed by atoms with Crippen molar-refractivity contribution in [1.82, 2.24) is 14.8 Å². The second-order valence-corrected chi connectivity index (χ2v) is 4.85. The fourth-order valence-corrected chi connectivity index (χ4v) is 2.41. The number of rotatable bonds is 2. The number of nitrogens with zero attached hydrogens (tertiary/aromatic N) is 3. The Morgan fingerprint density at radius 1 is 1.36 bits per heavy atom. The molecule has 0 saturated heterocycles. The lowest BCUT2D eigenvalue weighted by molar-refractivity contribution is -0.125. The van der Waals surface area contributed by atoms with E-state index in [1.807, 2.05) is 0 Å². The molecule has 0 radical (unpaired) electrons. The van der Waals surface area contributed by atoms with E-state index >= 15 is 0 Å². The van der Waals surface area contributed by atoms with Gasteiger partial charge >= 0.3 is 0 Å². The predicted molar refractivity (Wildman–Crippen MR) is 73.5 cm³/mol. The summed E-state index contributed by atoms with van der Waals surface area (Å²) in [6, 6.07) is 4.35. The molecule has 22 heavy (non-hydrogen) atoms. The van der Waals surface area contributed by atoms with E-state index in [2.05, 4.69) is 20.7 Å². The highest BCUT2D eigenvalue weighted by Gasteiger charge is 2.32. The lowest BCUT2D eigenvalue weighted by Crippen LogP contribution is -2.35. The molecule has 1 unspecified atom stereocenters. The Morgan fingerprint density at radius 2 is 2.23 bits per heavy atom. The highest BCUT2D eigenvalue weighted by atomic mass is 16.7. The summed E-state index contributed by atoms with van der Waals surface area (Å²) in [5.74, 6) is 0.850. The van der Waals surface area contributed by atoms with Crippen LogP contribution in [0.4, 0.5) is 11.6 Å². The molecular formula is C13H11N5O4. The summed E-state index contributed by atoms with van der Waals surface area (Å²) in [4.78, 5) is 28.0. The Hall–Kier alpha value is -3.10. The maximum Gasteiger partial charge on any atom is 0.249 e. The van der Waals surface area contributed by atoms with Crippen LogP contribution in [0.3, 0.4) is 0 Å². The Balaban J connectivity index is 1.57. The fraction of sp³-hybridized carbons (Fsp3) is 0.231. The van der Waals surface area contributed by atoms with Crippen LogP contribution in [0.1, 0.15) is 12.5 Å². The van der Waals surface area contributed by atoms with Gasteiger partial charge in [-0.15, -0.1) is 0 Å². The largest absolute Gasteiger partial charge is 0.454 e. The van der Waals surface area contributed by atoms with Crippen molar-refractivity contribution in [2.24, 2.45) is 0 Å². The molecule has 4 rings (SSSR count). The van der Waals surface area contributed by atoms with Gasteiger partial charge in [-0.1, -0.05) is 0 Å². The minimum atomic E-state index is -0.739. The van der Waals surface area contributed by atoms with Crippen LogP contribution >= 0.6 is 0 Å². The molecule has 9 nitrogen and oxygen atoms in total. The van der Waals surface area contributed by atoms with Crippen LogP contribution in [0.5, 0.6) is 11.5 Å². The lowest BCUT2D eigenvalue weighted by Gasteiger charge is -2.22. The molecule has 3 heterocycles. The molecule has 112 valence electrons. The van der Waals surface area contributed by atoms with Gasteiger partial charge in [-0.3, -0.25) is 14.9 Å². The quantitative estimate of drug-likeness (QED) is 0.837. The highest BCUT2D eigenvalue weighted by molar-refractivity contribution is 6.00. The topological polar surface area (TPSA) is 107 Å². The maximum absolute atomic E-state index is 12.4. The van der Waals surface area contributed by atoms with Crippen molar-refractivity contribution < 1.29 is 19.1 Å². The minimum absolute atomic E-state index is 0.00669. The second kappa shape index (κ2) is 4.72. The zero-order valence-electron chi connectivity index (χ0n) is 11.3. The van der Waals surface area contributed by atoms with Gasteiger partial charge < -0.3 is 14.8 Å². The Kier molecular flexibility index (Phi) is 2.71. The number of nitrogens with one attached hydrogen (secondary N) is 2. The maximum atomic E-state index is 12.4. The first kappa shape index (κ1) is 12.6. The third-order valence-electron chi connectivity index (χ3n) is 3.44. The van der Waals surface area contributed by atoms with Gasteiger partial charge in [0.1, 0.15) is 12.4 Å². The van der Waals surface area contributed by atoms with Gasteiger partial charge in [0, 0.05) is 11.8 Å². The average molecular weight is 301 g/mol. The number of carbonyl (C=O) groups excluding carboxylic acids is 2. The Morgan fingerprint density at radius 3 is 3.14 bits per heavy atom. The van der Waals surface area contributed by atoms with Crippen LogP contribution in [0.25, 0.3) is 0 Å². The SMILES string of the molecule is O=C1CC(C(=O)Nc2ccc3c(c2)OCO3)n2ncnc2N1. The van der Waals surface area contributed by atoms with Gasteiger partial charge in [-0.2, -0.15) is 10.1 Å². The van der Waals surface area contributed by atoms with Gasteiger partial charge in [-0.05, 0) is 12.1 Å². The zero-order chi connectivity index (χ0) is 15.1. The Labute approximate surface area is 124 Å². The molecular weight excluding hydrogens is 290 g/mol. The number of carbonyl (C=O) groups is 2. The van der Waals surface area contributed by atoms with Crippen LogP contribution < -0.4 is 20.1 Å². The Bertz CT molecular complexity index is 772. The van der Waals surface area contributed by atoms with Crippen LogP contribution in [0.2, 0.25) is 0 Å². The molecule has 1 aromatic heterocycles. The molecule has 2 aliphatic rings. The van der Waals surface area contributed by atoms with Crippen LogP contribution in [-0.2, 0) is 9.59 Å². The molecule has 2 aromatic rings. The average Bonchev–Trinajstić information content (AvgIpc) is 3.13. The molecule has 2 aliphatic heterocycles. The summed E-state index contributed by atoms with van der Waals surface area (Å²) in [5.41, 5.74) is 0.557. The molecule has 0 spiro atoms. The molecule has 2 N–H and O–H groups in total. The van der Waals surface area contributed by atoms with Gasteiger partial charge in [0.2, 0.25) is 24.6 Å². The number of anilines is 2. The van der Waals surface area contributed by atoms with Gasteiger partial charge in [0.25, 0.3) is 0 Å². The zero-order valence-corrected chi connectivity index (χ0v) is 11.3. The smallest absolute Gasteiger partial charge is 0.249 e. The van der Waals surface area contributed by atoms with E-state index in [1.165, 1.54) is 11.0 Å². The van der Waals surface area contributed by atoms with Crippen LogP contribution in [-0.4, -0.2) is 33.4 Å². The van der Waals surface area contributed by atoms with Crippen molar-refractivity contribution in [2.75, 3.05) is 17.4 Å². The van der Waals surface area contributed by atoms with Crippen molar-refractivity contribution in [3.05, 3.63) is 24.5 Å². The van der Waals surface area contributed by atoms with E-state index < -0.39 is 6.04 Å². The van der Waals surface area contributed by atoms with E-state index in [9.17, 15) is 9.59 Å². The summed E-state index contributed by atoms with van der Waals surface area (Å²) < 4.78 is 11.9. The third-order valence-corrected chi connectivity index (χ3v) is 3.44. The number of hydrogen-bond acceptors (Lipinski definition) is 6. The lowest BCUT2D eigenvalue weighted by atomic mass is 10.1. The van der Waals surface area contributed by atoms with Gasteiger partial charge in [-0.25, -0.2) is 4.68 Å². The summed E-state index contributed by atoms with van der Waals surface area (Å²) in [5, 5.41) is 9.28. The molecule has 1 atom stereocenters. The van der Waals surface area contributed by atoms with Crippen molar-refractivity contribution in [2.45, 2.75) is 12.5 Å². The normalized spacial score (nSPS) is 18.5.